The van der Waals surface area contributed by atoms with Gasteiger partial charge in [0.05, 0.1) is 0 Å². The van der Waals surface area contributed by atoms with Crippen LogP contribution in [0.1, 0.15) is 17.2 Å². The van der Waals surface area contributed by atoms with E-state index < -0.39 is 6.36 Å². The maximum atomic E-state index is 12.1. The lowest BCUT2D eigenvalue weighted by Crippen LogP contribution is -2.17. The van der Waals surface area contributed by atoms with E-state index in [0.717, 1.165) is 15.6 Å². The molecule has 0 bridgehead atoms. The van der Waals surface area contributed by atoms with Gasteiger partial charge in [-0.2, -0.15) is 0 Å². The first kappa shape index (κ1) is 15.9. The van der Waals surface area contributed by atoms with Gasteiger partial charge < -0.3 is 10.5 Å². The number of rotatable bonds is 4. The Morgan fingerprint density at radius 3 is 2.24 bits per heavy atom. The Bertz CT molecular complexity index is 599. The summed E-state index contributed by atoms with van der Waals surface area (Å²) in [6, 6.07) is 13.1. The number of hydrogen-bond donors (Lipinski definition) is 1. The standard InChI is InChI=1S/C15H13BrF3NO/c16-13-4-2-1-3-12(13)14(20)9-10-5-7-11(8-6-10)21-15(17,18)19/h1-8,14H,9,20H2. The molecule has 6 heteroatoms. The number of nitrogens with two attached hydrogens (primary N) is 1. The maximum Gasteiger partial charge on any atom is 0.573 e. The molecule has 0 aliphatic carbocycles. The fraction of sp³-hybridized carbons (Fsp3) is 0.200. The largest absolute Gasteiger partial charge is 0.573 e. The molecule has 0 fully saturated rings. The number of alkyl halides is 3. The van der Waals surface area contributed by atoms with Crippen LogP contribution in [0.25, 0.3) is 0 Å². The second kappa shape index (κ2) is 6.49. The van der Waals surface area contributed by atoms with Crippen LogP contribution in [0, 0.1) is 0 Å². The SMILES string of the molecule is NC(Cc1ccc(OC(F)(F)F)cc1)c1ccccc1Br. The maximum absolute atomic E-state index is 12.1. The van der Waals surface area contributed by atoms with Crippen LogP contribution >= 0.6 is 15.9 Å². The molecule has 0 amide bonds. The van der Waals surface area contributed by atoms with Crippen LogP contribution < -0.4 is 10.5 Å². The number of hydrogen-bond acceptors (Lipinski definition) is 2. The van der Waals surface area contributed by atoms with Crippen molar-refractivity contribution in [1.29, 1.82) is 0 Å². The van der Waals surface area contributed by atoms with Crippen molar-refractivity contribution in [3.8, 4) is 5.75 Å². The first-order valence-corrected chi connectivity index (χ1v) is 6.99. The van der Waals surface area contributed by atoms with Crippen molar-refractivity contribution in [2.75, 3.05) is 0 Å². The average Bonchev–Trinajstić information content (AvgIpc) is 2.40. The zero-order valence-corrected chi connectivity index (χ0v) is 12.5. The van der Waals surface area contributed by atoms with Crippen LogP contribution in [0.2, 0.25) is 0 Å². The molecule has 0 saturated heterocycles. The average molecular weight is 360 g/mol. The summed E-state index contributed by atoms with van der Waals surface area (Å²) in [5, 5.41) is 0. The molecule has 0 spiro atoms. The lowest BCUT2D eigenvalue weighted by atomic mass is 10.00. The fourth-order valence-corrected chi connectivity index (χ4v) is 2.55. The normalized spacial score (nSPS) is 13.0. The van der Waals surface area contributed by atoms with Crippen LogP contribution in [0.15, 0.2) is 53.0 Å². The Kier molecular flexibility index (Phi) is 4.90. The highest BCUT2D eigenvalue weighted by Crippen LogP contribution is 2.26. The van der Waals surface area contributed by atoms with Crippen molar-refractivity contribution in [2.24, 2.45) is 5.73 Å². The minimum absolute atomic E-state index is 0.235. The van der Waals surface area contributed by atoms with Gasteiger partial charge >= 0.3 is 6.36 Å². The van der Waals surface area contributed by atoms with E-state index in [-0.39, 0.29) is 11.8 Å². The zero-order valence-electron chi connectivity index (χ0n) is 10.9. The van der Waals surface area contributed by atoms with Crippen molar-refractivity contribution < 1.29 is 17.9 Å². The Labute approximate surface area is 128 Å². The number of ether oxygens (including phenoxy) is 1. The number of halogens is 4. The third-order valence-electron chi connectivity index (χ3n) is 2.92. The van der Waals surface area contributed by atoms with Crippen molar-refractivity contribution in [2.45, 2.75) is 18.8 Å². The van der Waals surface area contributed by atoms with Gasteiger partial charge in [-0.05, 0) is 35.7 Å². The van der Waals surface area contributed by atoms with Gasteiger partial charge in [0.2, 0.25) is 0 Å². The lowest BCUT2D eigenvalue weighted by Gasteiger charge is -2.14. The summed E-state index contributed by atoms with van der Waals surface area (Å²) >= 11 is 3.43. The zero-order chi connectivity index (χ0) is 15.5. The molecule has 2 nitrogen and oxygen atoms in total. The number of benzene rings is 2. The Morgan fingerprint density at radius 1 is 1.05 bits per heavy atom. The molecule has 0 aliphatic rings. The summed E-state index contributed by atoms with van der Waals surface area (Å²) in [6.45, 7) is 0. The topological polar surface area (TPSA) is 35.2 Å². The van der Waals surface area contributed by atoms with Gasteiger partial charge in [-0.25, -0.2) is 0 Å². The third kappa shape index (κ3) is 4.75. The van der Waals surface area contributed by atoms with Crippen molar-refractivity contribution in [3.05, 3.63) is 64.1 Å². The Hall–Kier alpha value is -1.53. The smallest absolute Gasteiger partial charge is 0.406 e. The summed E-state index contributed by atoms with van der Waals surface area (Å²) in [4.78, 5) is 0. The van der Waals surface area contributed by atoms with E-state index in [1.807, 2.05) is 24.3 Å². The van der Waals surface area contributed by atoms with Crippen LogP contribution in [-0.2, 0) is 6.42 Å². The minimum Gasteiger partial charge on any atom is -0.406 e. The molecular weight excluding hydrogens is 347 g/mol. The summed E-state index contributed by atoms with van der Waals surface area (Å²) in [7, 11) is 0. The third-order valence-corrected chi connectivity index (χ3v) is 3.64. The van der Waals surface area contributed by atoms with Gasteiger partial charge in [0.15, 0.2) is 0 Å². The summed E-state index contributed by atoms with van der Waals surface area (Å²) in [5.41, 5.74) is 7.92. The molecule has 2 rings (SSSR count). The molecule has 0 saturated carbocycles. The molecule has 112 valence electrons. The molecule has 1 atom stereocenters. The van der Waals surface area contributed by atoms with E-state index in [0.29, 0.717) is 6.42 Å². The van der Waals surface area contributed by atoms with Crippen molar-refractivity contribution >= 4 is 15.9 Å². The first-order chi connectivity index (χ1) is 9.85. The van der Waals surface area contributed by atoms with Gasteiger partial charge in [-0.1, -0.05) is 46.3 Å². The van der Waals surface area contributed by atoms with Gasteiger partial charge in [0, 0.05) is 10.5 Å². The highest BCUT2D eigenvalue weighted by Gasteiger charge is 2.30. The van der Waals surface area contributed by atoms with Crippen LogP contribution in [0.3, 0.4) is 0 Å². The van der Waals surface area contributed by atoms with Crippen molar-refractivity contribution in [1.82, 2.24) is 0 Å². The molecule has 0 heterocycles. The Morgan fingerprint density at radius 2 is 1.67 bits per heavy atom. The minimum atomic E-state index is -4.67. The molecule has 2 aromatic rings. The Balaban J connectivity index is 2.05. The quantitative estimate of drug-likeness (QED) is 0.866. The monoisotopic (exact) mass is 359 g/mol. The molecule has 0 aromatic heterocycles. The van der Waals surface area contributed by atoms with Crippen LogP contribution in [0.4, 0.5) is 13.2 Å². The summed E-state index contributed by atoms with van der Waals surface area (Å²) < 4.78 is 40.9. The highest BCUT2D eigenvalue weighted by atomic mass is 79.9. The molecule has 2 N–H and O–H groups in total. The lowest BCUT2D eigenvalue weighted by molar-refractivity contribution is -0.274. The van der Waals surface area contributed by atoms with Gasteiger partial charge in [0.25, 0.3) is 0 Å². The fourth-order valence-electron chi connectivity index (χ4n) is 1.97. The predicted molar refractivity (Wildman–Crippen MR) is 77.9 cm³/mol. The van der Waals surface area contributed by atoms with Crippen LogP contribution in [-0.4, -0.2) is 6.36 Å². The summed E-state index contributed by atoms with van der Waals surface area (Å²) in [5.74, 6) is -0.235. The molecular formula is C15H13BrF3NO. The second-order valence-electron chi connectivity index (χ2n) is 4.52. The van der Waals surface area contributed by atoms with E-state index in [1.54, 1.807) is 12.1 Å². The van der Waals surface area contributed by atoms with Crippen LogP contribution in [0.5, 0.6) is 5.75 Å². The van der Waals surface area contributed by atoms with E-state index >= 15 is 0 Å². The highest BCUT2D eigenvalue weighted by molar-refractivity contribution is 9.10. The van der Waals surface area contributed by atoms with Gasteiger partial charge in [-0.15, -0.1) is 13.2 Å². The first-order valence-electron chi connectivity index (χ1n) is 6.20. The molecule has 0 radical (unpaired) electrons. The summed E-state index contributed by atoms with van der Waals surface area (Å²) in [6.07, 6.45) is -4.15. The predicted octanol–water partition coefficient (Wildman–Crippen LogP) is 4.59. The van der Waals surface area contributed by atoms with E-state index in [4.69, 9.17) is 5.73 Å². The van der Waals surface area contributed by atoms with Crippen molar-refractivity contribution in [3.63, 3.8) is 0 Å². The van der Waals surface area contributed by atoms with E-state index in [1.165, 1.54) is 12.1 Å². The molecule has 2 aromatic carbocycles. The van der Waals surface area contributed by atoms with E-state index in [9.17, 15) is 13.2 Å². The molecule has 1 unspecified atom stereocenters. The molecule has 0 aliphatic heterocycles. The molecule has 21 heavy (non-hydrogen) atoms. The van der Waals surface area contributed by atoms with E-state index in [2.05, 4.69) is 20.7 Å². The van der Waals surface area contributed by atoms with Gasteiger partial charge in [0.1, 0.15) is 5.75 Å². The second-order valence-corrected chi connectivity index (χ2v) is 5.38. The van der Waals surface area contributed by atoms with Gasteiger partial charge in [-0.3, -0.25) is 0 Å².